The lowest BCUT2D eigenvalue weighted by atomic mass is 10.4. The third-order valence-electron chi connectivity index (χ3n) is 1.19. The molecular formula is C6H10N2O2. The lowest BCUT2D eigenvalue weighted by Gasteiger charge is -2.05. The van der Waals surface area contributed by atoms with Gasteiger partial charge in [-0.15, -0.1) is 0 Å². The van der Waals surface area contributed by atoms with Crippen LogP contribution >= 0.6 is 0 Å². The molecule has 0 unspecified atom stereocenters. The van der Waals surface area contributed by atoms with Gasteiger partial charge in [0.2, 0.25) is 0 Å². The largest absolute Gasteiger partial charge is 0.394 e. The summed E-state index contributed by atoms with van der Waals surface area (Å²) in [5.41, 5.74) is 0. The molecule has 4 nitrogen and oxygen atoms in total. The van der Waals surface area contributed by atoms with Crippen LogP contribution in [0.5, 0.6) is 0 Å². The quantitative estimate of drug-likeness (QED) is 0.583. The SMILES string of the molecule is OC[C@H](O)Cn1ccnc1. The van der Waals surface area contributed by atoms with Gasteiger partial charge in [0.25, 0.3) is 0 Å². The number of aliphatic hydroxyl groups excluding tert-OH is 2. The van der Waals surface area contributed by atoms with Gasteiger partial charge in [0.05, 0.1) is 25.6 Å². The van der Waals surface area contributed by atoms with Gasteiger partial charge >= 0.3 is 0 Å². The molecule has 0 aromatic carbocycles. The molecule has 0 aliphatic carbocycles. The molecule has 0 fully saturated rings. The van der Waals surface area contributed by atoms with Crippen molar-refractivity contribution in [2.45, 2.75) is 12.6 Å². The Bertz CT molecular complexity index is 174. The zero-order valence-electron chi connectivity index (χ0n) is 5.51. The van der Waals surface area contributed by atoms with E-state index in [4.69, 9.17) is 10.2 Å². The lowest BCUT2D eigenvalue weighted by molar-refractivity contribution is 0.0812. The third kappa shape index (κ3) is 1.82. The standard InChI is InChI=1S/C6H10N2O2/c9-4-6(10)3-8-2-1-7-5-8/h1-2,5-6,9-10H,3-4H2/t6-/m1/s1. The van der Waals surface area contributed by atoms with Gasteiger partial charge in [-0.2, -0.15) is 0 Å². The molecule has 0 aliphatic rings. The van der Waals surface area contributed by atoms with Crippen LogP contribution in [0.1, 0.15) is 0 Å². The molecule has 0 saturated heterocycles. The van der Waals surface area contributed by atoms with Crippen molar-refractivity contribution < 1.29 is 10.2 Å². The van der Waals surface area contributed by atoms with E-state index in [0.29, 0.717) is 6.54 Å². The highest BCUT2D eigenvalue weighted by Gasteiger charge is 2.00. The van der Waals surface area contributed by atoms with E-state index in [1.54, 1.807) is 23.3 Å². The van der Waals surface area contributed by atoms with Crippen LogP contribution in [0.2, 0.25) is 0 Å². The molecular weight excluding hydrogens is 132 g/mol. The zero-order valence-corrected chi connectivity index (χ0v) is 5.51. The van der Waals surface area contributed by atoms with Gasteiger partial charge in [-0.25, -0.2) is 4.98 Å². The zero-order chi connectivity index (χ0) is 7.40. The van der Waals surface area contributed by atoms with E-state index in [2.05, 4.69) is 4.98 Å². The van der Waals surface area contributed by atoms with Gasteiger partial charge in [-0.3, -0.25) is 0 Å². The van der Waals surface area contributed by atoms with Crippen molar-refractivity contribution in [3.8, 4) is 0 Å². The summed E-state index contributed by atoms with van der Waals surface area (Å²) in [4.78, 5) is 3.78. The Morgan fingerprint density at radius 2 is 2.40 bits per heavy atom. The number of rotatable bonds is 3. The van der Waals surface area contributed by atoms with Crippen LogP contribution in [-0.4, -0.2) is 32.5 Å². The third-order valence-corrected chi connectivity index (χ3v) is 1.19. The molecule has 0 radical (unpaired) electrons. The molecule has 4 heteroatoms. The van der Waals surface area contributed by atoms with Crippen molar-refractivity contribution in [3.05, 3.63) is 18.7 Å². The van der Waals surface area contributed by atoms with Crippen LogP contribution in [0.4, 0.5) is 0 Å². The summed E-state index contributed by atoms with van der Waals surface area (Å²) in [6.07, 6.45) is 4.27. The van der Waals surface area contributed by atoms with Crippen LogP contribution in [0.3, 0.4) is 0 Å². The fraction of sp³-hybridized carbons (Fsp3) is 0.500. The van der Waals surface area contributed by atoms with E-state index in [1.165, 1.54) is 0 Å². The van der Waals surface area contributed by atoms with E-state index >= 15 is 0 Å². The summed E-state index contributed by atoms with van der Waals surface area (Å²) in [5.74, 6) is 0. The van der Waals surface area contributed by atoms with Crippen molar-refractivity contribution in [2.75, 3.05) is 6.61 Å². The van der Waals surface area contributed by atoms with Gasteiger partial charge in [-0.1, -0.05) is 0 Å². The summed E-state index contributed by atoms with van der Waals surface area (Å²) in [7, 11) is 0. The van der Waals surface area contributed by atoms with Gasteiger partial charge in [0, 0.05) is 12.4 Å². The fourth-order valence-electron chi connectivity index (χ4n) is 0.696. The highest BCUT2D eigenvalue weighted by molar-refractivity contribution is 4.75. The average Bonchev–Trinajstić information content (AvgIpc) is 2.40. The van der Waals surface area contributed by atoms with E-state index in [-0.39, 0.29) is 6.61 Å². The highest BCUT2D eigenvalue weighted by Crippen LogP contribution is 1.89. The Kier molecular flexibility index (Phi) is 2.42. The Morgan fingerprint density at radius 3 is 2.90 bits per heavy atom. The van der Waals surface area contributed by atoms with Crippen molar-refractivity contribution in [2.24, 2.45) is 0 Å². The van der Waals surface area contributed by atoms with Crippen molar-refractivity contribution in [1.29, 1.82) is 0 Å². The first-order valence-electron chi connectivity index (χ1n) is 3.07. The first-order valence-corrected chi connectivity index (χ1v) is 3.07. The Labute approximate surface area is 58.8 Å². The molecule has 0 saturated carbocycles. The molecule has 2 N–H and O–H groups in total. The maximum absolute atomic E-state index is 8.93. The van der Waals surface area contributed by atoms with Crippen LogP contribution in [0.15, 0.2) is 18.7 Å². The van der Waals surface area contributed by atoms with E-state index in [0.717, 1.165) is 0 Å². The normalized spacial score (nSPS) is 13.4. The molecule has 1 rings (SSSR count). The number of aromatic nitrogens is 2. The predicted octanol–water partition coefficient (Wildman–Crippen LogP) is -0.764. The van der Waals surface area contributed by atoms with Gasteiger partial charge < -0.3 is 14.8 Å². The fourth-order valence-corrected chi connectivity index (χ4v) is 0.696. The van der Waals surface area contributed by atoms with E-state index in [1.807, 2.05) is 0 Å². The molecule has 10 heavy (non-hydrogen) atoms. The molecule has 1 heterocycles. The molecule has 56 valence electrons. The Hall–Kier alpha value is -0.870. The average molecular weight is 142 g/mol. The maximum atomic E-state index is 8.93. The first-order chi connectivity index (χ1) is 4.83. The van der Waals surface area contributed by atoms with Crippen molar-refractivity contribution in [1.82, 2.24) is 9.55 Å². The minimum Gasteiger partial charge on any atom is -0.394 e. The van der Waals surface area contributed by atoms with Gasteiger partial charge in [-0.05, 0) is 0 Å². The van der Waals surface area contributed by atoms with E-state index in [9.17, 15) is 0 Å². The minimum atomic E-state index is -0.686. The number of hydrogen-bond donors (Lipinski definition) is 2. The second kappa shape index (κ2) is 3.34. The Balaban J connectivity index is 2.40. The Morgan fingerprint density at radius 1 is 1.60 bits per heavy atom. The topological polar surface area (TPSA) is 58.3 Å². The summed E-state index contributed by atoms with van der Waals surface area (Å²) in [6, 6.07) is 0. The van der Waals surface area contributed by atoms with Crippen molar-refractivity contribution >= 4 is 0 Å². The summed E-state index contributed by atoms with van der Waals surface area (Å²) in [5, 5.41) is 17.4. The van der Waals surface area contributed by atoms with Crippen molar-refractivity contribution in [3.63, 3.8) is 0 Å². The molecule has 1 atom stereocenters. The summed E-state index contributed by atoms with van der Waals surface area (Å²) < 4.78 is 1.71. The second-order valence-electron chi connectivity index (χ2n) is 2.10. The number of hydrogen-bond acceptors (Lipinski definition) is 3. The highest BCUT2D eigenvalue weighted by atomic mass is 16.3. The molecule has 0 bridgehead atoms. The monoisotopic (exact) mass is 142 g/mol. The van der Waals surface area contributed by atoms with Crippen LogP contribution in [0.25, 0.3) is 0 Å². The van der Waals surface area contributed by atoms with Gasteiger partial charge in [0.15, 0.2) is 0 Å². The predicted molar refractivity (Wildman–Crippen MR) is 35.3 cm³/mol. The molecule has 1 aromatic rings. The lowest BCUT2D eigenvalue weighted by Crippen LogP contribution is -2.18. The summed E-state index contributed by atoms with van der Waals surface area (Å²) >= 11 is 0. The molecule has 0 aliphatic heterocycles. The molecule has 1 aromatic heterocycles. The van der Waals surface area contributed by atoms with Crippen LogP contribution in [-0.2, 0) is 6.54 Å². The molecule has 0 spiro atoms. The number of aliphatic hydroxyl groups is 2. The summed E-state index contributed by atoms with van der Waals surface area (Å²) in [6.45, 7) is 0.189. The minimum absolute atomic E-state index is 0.210. The maximum Gasteiger partial charge on any atom is 0.0949 e. The number of nitrogens with zero attached hydrogens (tertiary/aromatic N) is 2. The van der Waals surface area contributed by atoms with Gasteiger partial charge in [0.1, 0.15) is 0 Å². The van der Waals surface area contributed by atoms with Crippen LogP contribution in [0, 0.1) is 0 Å². The number of imidazole rings is 1. The van der Waals surface area contributed by atoms with Crippen LogP contribution < -0.4 is 0 Å². The smallest absolute Gasteiger partial charge is 0.0949 e. The first kappa shape index (κ1) is 7.24. The second-order valence-corrected chi connectivity index (χ2v) is 2.10. The van der Waals surface area contributed by atoms with E-state index < -0.39 is 6.10 Å². The molecule has 0 amide bonds.